The molecule has 1 atom stereocenters. The van der Waals surface area contributed by atoms with Crippen molar-refractivity contribution in [3.63, 3.8) is 0 Å². The summed E-state index contributed by atoms with van der Waals surface area (Å²) in [5.74, 6) is -0.567. The summed E-state index contributed by atoms with van der Waals surface area (Å²) in [6.45, 7) is 8.19. The Balaban J connectivity index is 2.68. The number of likely N-dealkylation sites (N-methyl/N-ethyl adjacent to an activating group) is 1. The Morgan fingerprint density at radius 3 is 2.53 bits per heavy atom. The summed E-state index contributed by atoms with van der Waals surface area (Å²) in [6, 6.07) is 2.00. The number of nitriles is 1. The summed E-state index contributed by atoms with van der Waals surface area (Å²) < 4.78 is 0. The quantitative estimate of drug-likeness (QED) is 0.638. The molecule has 0 radical (unpaired) electrons. The van der Waals surface area contributed by atoms with E-state index in [4.69, 9.17) is 5.26 Å². The molecule has 1 unspecified atom stereocenters. The highest BCUT2D eigenvalue weighted by atomic mass is 16.2. The largest absolute Gasteiger partial charge is 0.338 e. The van der Waals surface area contributed by atoms with Crippen molar-refractivity contribution in [2.24, 2.45) is 5.92 Å². The van der Waals surface area contributed by atoms with Crippen LogP contribution in [0.1, 0.15) is 20.8 Å². The number of piperazine rings is 1. The lowest BCUT2D eigenvalue weighted by molar-refractivity contribution is -0.137. The Morgan fingerprint density at radius 2 is 2.07 bits per heavy atom. The molecule has 0 saturated carbocycles. The van der Waals surface area contributed by atoms with Crippen molar-refractivity contribution in [3.8, 4) is 6.07 Å². The monoisotopic (exact) mass is 209 g/mol. The van der Waals surface area contributed by atoms with Gasteiger partial charge in [-0.25, -0.2) is 0 Å². The standard InChI is InChI=1S/C11H19N3O/c1-9(7-12)10(15)14-6-5-13(4)11(2,3)8-14/h9H,5-6,8H2,1-4H3. The number of hydrogen-bond donors (Lipinski definition) is 0. The first-order chi connectivity index (χ1) is 6.88. The zero-order chi connectivity index (χ0) is 11.6. The summed E-state index contributed by atoms with van der Waals surface area (Å²) in [6.07, 6.45) is 0. The molecule has 1 rings (SSSR count). The molecular weight excluding hydrogens is 190 g/mol. The molecule has 0 bridgehead atoms. The van der Waals surface area contributed by atoms with Crippen LogP contribution in [0.3, 0.4) is 0 Å². The SMILES string of the molecule is CC(C#N)C(=O)N1CCN(C)C(C)(C)C1. The number of hydrogen-bond acceptors (Lipinski definition) is 3. The highest BCUT2D eigenvalue weighted by Gasteiger charge is 2.34. The van der Waals surface area contributed by atoms with Crippen LogP contribution in [-0.2, 0) is 4.79 Å². The van der Waals surface area contributed by atoms with Crippen LogP contribution in [0.2, 0.25) is 0 Å². The maximum Gasteiger partial charge on any atom is 0.239 e. The second-order valence-corrected chi connectivity index (χ2v) is 4.84. The van der Waals surface area contributed by atoms with Crippen molar-refractivity contribution >= 4 is 5.91 Å². The lowest BCUT2D eigenvalue weighted by Gasteiger charge is -2.45. The van der Waals surface area contributed by atoms with Gasteiger partial charge in [-0.2, -0.15) is 5.26 Å². The summed E-state index contributed by atoms with van der Waals surface area (Å²) in [7, 11) is 2.07. The van der Waals surface area contributed by atoms with E-state index in [9.17, 15) is 4.79 Å². The normalized spacial score (nSPS) is 23.3. The van der Waals surface area contributed by atoms with Crippen molar-refractivity contribution in [2.75, 3.05) is 26.7 Å². The molecule has 0 N–H and O–H groups in total. The van der Waals surface area contributed by atoms with Gasteiger partial charge in [0.25, 0.3) is 0 Å². The smallest absolute Gasteiger partial charge is 0.239 e. The lowest BCUT2D eigenvalue weighted by Crippen LogP contribution is -2.59. The highest BCUT2D eigenvalue weighted by molar-refractivity contribution is 5.81. The summed E-state index contributed by atoms with van der Waals surface area (Å²) in [5, 5.41) is 8.71. The zero-order valence-corrected chi connectivity index (χ0v) is 9.95. The summed E-state index contributed by atoms with van der Waals surface area (Å²) in [4.78, 5) is 15.9. The average Bonchev–Trinajstić information content (AvgIpc) is 2.19. The van der Waals surface area contributed by atoms with E-state index in [0.29, 0.717) is 6.54 Å². The van der Waals surface area contributed by atoms with E-state index < -0.39 is 5.92 Å². The minimum atomic E-state index is -0.524. The van der Waals surface area contributed by atoms with Crippen LogP contribution in [0.15, 0.2) is 0 Å². The van der Waals surface area contributed by atoms with Gasteiger partial charge in [0.05, 0.1) is 6.07 Å². The third-order valence-electron chi connectivity index (χ3n) is 3.19. The number of carbonyl (C=O) groups excluding carboxylic acids is 1. The molecule has 1 saturated heterocycles. The topological polar surface area (TPSA) is 47.3 Å². The molecule has 1 amide bonds. The second kappa shape index (κ2) is 4.19. The molecule has 1 heterocycles. The summed E-state index contributed by atoms with van der Waals surface area (Å²) in [5.41, 5.74) is 0.00306. The van der Waals surface area contributed by atoms with Gasteiger partial charge in [-0.1, -0.05) is 0 Å². The zero-order valence-electron chi connectivity index (χ0n) is 9.95. The van der Waals surface area contributed by atoms with Crippen molar-refractivity contribution in [1.82, 2.24) is 9.80 Å². The predicted octanol–water partition coefficient (Wildman–Crippen LogP) is 0.699. The first-order valence-electron chi connectivity index (χ1n) is 5.28. The van der Waals surface area contributed by atoms with Gasteiger partial charge >= 0.3 is 0 Å². The molecule has 0 aromatic rings. The van der Waals surface area contributed by atoms with E-state index in [0.717, 1.165) is 13.1 Å². The minimum Gasteiger partial charge on any atom is -0.338 e. The fourth-order valence-corrected chi connectivity index (χ4v) is 1.76. The molecule has 1 aliphatic rings. The van der Waals surface area contributed by atoms with Gasteiger partial charge in [-0.3, -0.25) is 9.69 Å². The van der Waals surface area contributed by atoms with E-state index in [1.54, 1.807) is 11.8 Å². The molecule has 1 fully saturated rings. The van der Waals surface area contributed by atoms with Gasteiger partial charge in [0.15, 0.2) is 0 Å². The van der Waals surface area contributed by atoms with Crippen LogP contribution in [-0.4, -0.2) is 47.9 Å². The Labute approximate surface area is 91.5 Å². The van der Waals surface area contributed by atoms with Crippen molar-refractivity contribution < 1.29 is 4.79 Å². The molecule has 0 aromatic heterocycles. The molecule has 15 heavy (non-hydrogen) atoms. The van der Waals surface area contributed by atoms with Crippen LogP contribution in [0.4, 0.5) is 0 Å². The molecule has 0 aromatic carbocycles. The van der Waals surface area contributed by atoms with Crippen LogP contribution >= 0.6 is 0 Å². The second-order valence-electron chi connectivity index (χ2n) is 4.84. The third-order valence-corrected chi connectivity index (χ3v) is 3.19. The van der Waals surface area contributed by atoms with E-state index in [2.05, 4.69) is 25.8 Å². The van der Waals surface area contributed by atoms with Crippen LogP contribution in [0, 0.1) is 17.2 Å². The number of rotatable bonds is 1. The number of carbonyl (C=O) groups is 1. The highest BCUT2D eigenvalue weighted by Crippen LogP contribution is 2.19. The van der Waals surface area contributed by atoms with E-state index in [1.165, 1.54) is 0 Å². The lowest BCUT2D eigenvalue weighted by atomic mass is 9.98. The third kappa shape index (κ3) is 2.48. The molecule has 0 spiro atoms. The van der Waals surface area contributed by atoms with Crippen LogP contribution < -0.4 is 0 Å². The Morgan fingerprint density at radius 1 is 1.47 bits per heavy atom. The van der Waals surface area contributed by atoms with Gasteiger partial charge in [-0.05, 0) is 27.8 Å². The number of nitrogens with zero attached hydrogens (tertiary/aromatic N) is 3. The molecule has 1 aliphatic heterocycles. The van der Waals surface area contributed by atoms with Gasteiger partial charge in [0, 0.05) is 25.2 Å². The van der Waals surface area contributed by atoms with E-state index in [1.807, 2.05) is 6.07 Å². The molecule has 4 nitrogen and oxygen atoms in total. The van der Waals surface area contributed by atoms with Gasteiger partial charge in [-0.15, -0.1) is 0 Å². The van der Waals surface area contributed by atoms with Gasteiger partial charge in [0.1, 0.15) is 5.92 Å². The Hall–Kier alpha value is -1.08. The molecule has 84 valence electrons. The van der Waals surface area contributed by atoms with Crippen molar-refractivity contribution in [1.29, 1.82) is 5.26 Å². The fourth-order valence-electron chi connectivity index (χ4n) is 1.76. The average molecular weight is 209 g/mol. The van der Waals surface area contributed by atoms with E-state index in [-0.39, 0.29) is 11.4 Å². The van der Waals surface area contributed by atoms with Crippen LogP contribution in [0.25, 0.3) is 0 Å². The fraction of sp³-hybridized carbons (Fsp3) is 0.818. The Kier molecular flexibility index (Phi) is 3.35. The minimum absolute atomic E-state index is 0.00306. The molecule has 0 aliphatic carbocycles. The predicted molar refractivity (Wildman–Crippen MR) is 58.1 cm³/mol. The first-order valence-corrected chi connectivity index (χ1v) is 5.28. The maximum absolute atomic E-state index is 11.8. The first kappa shape index (κ1) is 12.0. The van der Waals surface area contributed by atoms with Crippen LogP contribution in [0.5, 0.6) is 0 Å². The van der Waals surface area contributed by atoms with E-state index >= 15 is 0 Å². The number of amides is 1. The molecule has 4 heteroatoms. The summed E-state index contributed by atoms with van der Waals surface area (Å²) >= 11 is 0. The maximum atomic E-state index is 11.8. The molecular formula is C11H19N3O. The van der Waals surface area contributed by atoms with Gasteiger partial charge in [0.2, 0.25) is 5.91 Å². The van der Waals surface area contributed by atoms with Crippen molar-refractivity contribution in [3.05, 3.63) is 0 Å². The Bertz CT molecular complexity index is 293. The van der Waals surface area contributed by atoms with Gasteiger partial charge < -0.3 is 4.90 Å². The van der Waals surface area contributed by atoms with Crippen molar-refractivity contribution in [2.45, 2.75) is 26.3 Å².